The lowest BCUT2D eigenvalue weighted by Crippen LogP contribution is -2.25. The molecule has 2 aromatic rings. The highest BCUT2D eigenvalue weighted by molar-refractivity contribution is 5.05. The molecule has 0 N–H and O–H groups in total. The monoisotopic (exact) mass is 303 g/mol. The van der Waals surface area contributed by atoms with Gasteiger partial charge in [-0.1, -0.05) is 5.16 Å². The van der Waals surface area contributed by atoms with E-state index < -0.39 is 0 Å². The zero-order valence-corrected chi connectivity index (χ0v) is 12.8. The number of ether oxygens (including phenoxy) is 1. The minimum atomic E-state index is -0.00560. The van der Waals surface area contributed by atoms with Crippen molar-refractivity contribution in [1.29, 1.82) is 0 Å². The molecule has 118 valence electrons. The van der Waals surface area contributed by atoms with Gasteiger partial charge in [0.1, 0.15) is 6.10 Å². The smallest absolute Gasteiger partial charge is 0.255 e. The summed E-state index contributed by atoms with van der Waals surface area (Å²) in [6.45, 7) is 2.38. The molecular formula is C15H21N5O2. The van der Waals surface area contributed by atoms with Gasteiger partial charge in [0.15, 0.2) is 5.82 Å². The van der Waals surface area contributed by atoms with E-state index in [1.54, 1.807) is 0 Å². The highest BCUT2D eigenvalue weighted by Gasteiger charge is 2.31. The third-order valence-electron chi connectivity index (χ3n) is 4.24. The number of hydrogen-bond acceptors (Lipinski definition) is 6. The molecule has 7 heteroatoms. The Morgan fingerprint density at radius 1 is 1.32 bits per heavy atom. The van der Waals surface area contributed by atoms with E-state index in [4.69, 9.17) is 9.26 Å². The van der Waals surface area contributed by atoms with E-state index in [1.807, 2.05) is 17.9 Å². The van der Waals surface area contributed by atoms with Crippen LogP contribution in [0.3, 0.4) is 0 Å². The van der Waals surface area contributed by atoms with Crippen LogP contribution in [0.25, 0.3) is 0 Å². The van der Waals surface area contributed by atoms with E-state index in [0.717, 1.165) is 38.4 Å². The third-order valence-corrected chi connectivity index (χ3v) is 4.24. The summed E-state index contributed by atoms with van der Waals surface area (Å²) in [7, 11) is 1.94. The van der Waals surface area contributed by atoms with Crippen molar-refractivity contribution in [3.8, 4) is 0 Å². The molecule has 0 bridgehead atoms. The number of rotatable bonds is 6. The van der Waals surface area contributed by atoms with Gasteiger partial charge in [0.05, 0.1) is 12.7 Å². The maximum Gasteiger partial charge on any atom is 0.255 e. The van der Waals surface area contributed by atoms with Crippen LogP contribution in [0.4, 0.5) is 0 Å². The van der Waals surface area contributed by atoms with E-state index in [-0.39, 0.29) is 6.10 Å². The molecule has 7 nitrogen and oxygen atoms in total. The Hall–Kier alpha value is -1.73. The Morgan fingerprint density at radius 2 is 2.23 bits per heavy atom. The van der Waals surface area contributed by atoms with Crippen LogP contribution in [-0.2, 0) is 24.9 Å². The Balaban J connectivity index is 1.43. The van der Waals surface area contributed by atoms with Crippen molar-refractivity contribution >= 4 is 0 Å². The quantitative estimate of drug-likeness (QED) is 0.811. The molecule has 2 aromatic heterocycles. The van der Waals surface area contributed by atoms with E-state index in [2.05, 4.69) is 26.3 Å². The number of hydrogen-bond donors (Lipinski definition) is 0. The third kappa shape index (κ3) is 3.05. The lowest BCUT2D eigenvalue weighted by Gasteiger charge is -2.19. The van der Waals surface area contributed by atoms with Crippen LogP contribution in [0.2, 0.25) is 0 Å². The van der Waals surface area contributed by atoms with E-state index in [1.165, 1.54) is 18.4 Å². The largest absolute Gasteiger partial charge is 0.368 e. The van der Waals surface area contributed by atoms with Crippen molar-refractivity contribution in [2.45, 2.75) is 50.9 Å². The van der Waals surface area contributed by atoms with Crippen molar-refractivity contribution in [3.63, 3.8) is 0 Å². The highest BCUT2D eigenvalue weighted by Crippen LogP contribution is 2.30. The van der Waals surface area contributed by atoms with E-state index >= 15 is 0 Å². The van der Waals surface area contributed by atoms with Crippen molar-refractivity contribution in [3.05, 3.63) is 29.7 Å². The Labute approximate surface area is 129 Å². The fourth-order valence-corrected chi connectivity index (χ4v) is 2.96. The molecule has 2 fully saturated rings. The standard InChI is InChI=1S/C15H21N5O2/c1-19-8-11(7-16-19)9-20(12-4-5-12)10-14-17-15(22-18-14)13-3-2-6-21-13/h7-8,12-13H,2-6,9-10H2,1H3/t13-/m1/s1. The van der Waals surface area contributed by atoms with Gasteiger partial charge in [0.2, 0.25) is 0 Å². The summed E-state index contributed by atoms with van der Waals surface area (Å²) in [6, 6.07) is 0.630. The second kappa shape index (κ2) is 5.81. The number of aryl methyl sites for hydroxylation is 1. The van der Waals surface area contributed by atoms with Crippen LogP contribution in [0.15, 0.2) is 16.9 Å². The minimum Gasteiger partial charge on any atom is -0.368 e. The molecule has 1 saturated heterocycles. The maximum absolute atomic E-state index is 5.59. The first-order chi connectivity index (χ1) is 10.8. The van der Waals surface area contributed by atoms with Crippen molar-refractivity contribution < 1.29 is 9.26 Å². The molecule has 1 aliphatic heterocycles. The molecule has 1 aliphatic carbocycles. The predicted octanol–water partition coefficient (Wildman–Crippen LogP) is 1.82. The van der Waals surface area contributed by atoms with Crippen LogP contribution in [-0.4, -0.2) is 37.5 Å². The fraction of sp³-hybridized carbons (Fsp3) is 0.667. The molecule has 2 aliphatic rings. The van der Waals surface area contributed by atoms with Crippen LogP contribution in [0, 0.1) is 0 Å². The molecule has 1 saturated carbocycles. The Kier molecular flexibility index (Phi) is 3.67. The van der Waals surface area contributed by atoms with Gasteiger partial charge in [0, 0.05) is 38.0 Å². The molecular weight excluding hydrogens is 282 g/mol. The van der Waals surface area contributed by atoms with E-state index in [0.29, 0.717) is 11.9 Å². The summed E-state index contributed by atoms with van der Waals surface area (Å²) in [5.41, 5.74) is 1.22. The summed E-state index contributed by atoms with van der Waals surface area (Å²) < 4.78 is 12.8. The van der Waals surface area contributed by atoms with Crippen LogP contribution in [0.1, 0.15) is 49.1 Å². The molecule has 0 spiro atoms. The van der Waals surface area contributed by atoms with Crippen molar-refractivity contribution in [2.75, 3.05) is 6.61 Å². The first kappa shape index (κ1) is 13.9. The summed E-state index contributed by atoms with van der Waals surface area (Å²) in [4.78, 5) is 6.93. The first-order valence-corrected chi connectivity index (χ1v) is 7.93. The summed E-state index contributed by atoms with van der Waals surface area (Å²) in [5.74, 6) is 1.38. The van der Waals surface area contributed by atoms with Gasteiger partial charge in [-0.05, 0) is 25.7 Å². The topological polar surface area (TPSA) is 69.2 Å². The van der Waals surface area contributed by atoms with Gasteiger partial charge in [-0.25, -0.2) is 0 Å². The lowest BCUT2D eigenvalue weighted by atomic mass is 10.2. The number of aromatic nitrogens is 4. The van der Waals surface area contributed by atoms with Gasteiger partial charge in [-0.15, -0.1) is 0 Å². The predicted molar refractivity (Wildman–Crippen MR) is 77.7 cm³/mol. The number of nitrogens with zero attached hydrogens (tertiary/aromatic N) is 5. The van der Waals surface area contributed by atoms with Gasteiger partial charge < -0.3 is 9.26 Å². The van der Waals surface area contributed by atoms with Crippen molar-refractivity contribution in [1.82, 2.24) is 24.8 Å². The summed E-state index contributed by atoms with van der Waals surface area (Å²) >= 11 is 0. The second-order valence-corrected chi connectivity index (χ2v) is 6.21. The van der Waals surface area contributed by atoms with Gasteiger partial charge >= 0.3 is 0 Å². The normalized spacial score (nSPS) is 21.8. The Bertz CT molecular complexity index is 627. The zero-order chi connectivity index (χ0) is 14.9. The SMILES string of the molecule is Cn1cc(CN(Cc2noc([C@H]3CCCO3)n2)C2CC2)cn1. The Morgan fingerprint density at radius 3 is 2.91 bits per heavy atom. The average Bonchev–Trinajstić information content (AvgIpc) is 2.93. The highest BCUT2D eigenvalue weighted by atomic mass is 16.5. The van der Waals surface area contributed by atoms with Gasteiger partial charge in [-0.3, -0.25) is 9.58 Å². The van der Waals surface area contributed by atoms with Gasteiger partial charge in [0.25, 0.3) is 5.89 Å². The molecule has 22 heavy (non-hydrogen) atoms. The first-order valence-electron chi connectivity index (χ1n) is 7.93. The molecule has 1 atom stereocenters. The molecule has 3 heterocycles. The second-order valence-electron chi connectivity index (χ2n) is 6.21. The molecule has 0 radical (unpaired) electrons. The average molecular weight is 303 g/mol. The molecule has 4 rings (SSSR count). The minimum absolute atomic E-state index is 0.00560. The zero-order valence-electron chi connectivity index (χ0n) is 12.8. The maximum atomic E-state index is 5.59. The lowest BCUT2D eigenvalue weighted by molar-refractivity contribution is 0.0835. The van der Waals surface area contributed by atoms with Crippen molar-refractivity contribution in [2.24, 2.45) is 7.05 Å². The van der Waals surface area contributed by atoms with Gasteiger partial charge in [-0.2, -0.15) is 10.1 Å². The summed E-state index contributed by atoms with van der Waals surface area (Å²) in [6.07, 6.45) is 8.51. The summed E-state index contributed by atoms with van der Waals surface area (Å²) in [5, 5.41) is 8.37. The van der Waals surface area contributed by atoms with Crippen LogP contribution in [0.5, 0.6) is 0 Å². The molecule has 0 aromatic carbocycles. The fourth-order valence-electron chi connectivity index (χ4n) is 2.96. The molecule has 0 amide bonds. The van der Waals surface area contributed by atoms with Crippen LogP contribution < -0.4 is 0 Å². The van der Waals surface area contributed by atoms with E-state index in [9.17, 15) is 0 Å². The van der Waals surface area contributed by atoms with Crippen LogP contribution >= 0.6 is 0 Å². The molecule has 0 unspecified atom stereocenters.